The Kier molecular flexibility index (Phi) is 5.80. The van der Waals surface area contributed by atoms with E-state index in [9.17, 15) is 9.59 Å². The summed E-state index contributed by atoms with van der Waals surface area (Å²) < 4.78 is 10.9. The van der Waals surface area contributed by atoms with Crippen LogP contribution in [0.1, 0.15) is 35.3 Å². The van der Waals surface area contributed by atoms with Crippen LogP contribution in [0.2, 0.25) is 0 Å². The summed E-state index contributed by atoms with van der Waals surface area (Å²) >= 11 is 0. The molecule has 0 saturated carbocycles. The van der Waals surface area contributed by atoms with Gasteiger partial charge < -0.3 is 14.8 Å². The highest BCUT2D eigenvalue weighted by Crippen LogP contribution is 2.26. The van der Waals surface area contributed by atoms with Crippen molar-refractivity contribution < 1.29 is 19.1 Å². The van der Waals surface area contributed by atoms with Crippen molar-refractivity contribution in [3.05, 3.63) is 53.1 Å². The van der Waals surface area contributed by atoms with E-state index in [1.54, 1.807) is 25.1 Å². The van der Waals surface area contributed by atoms with Crippen molar-refractivity contribution in [2.24, 2.45) is 0 Å². The third kappa shape index (κ3) is 4.59. The summed E-state index contributed by atoms with van der Waals surface area (Å²) in [6.45, 7) is 6.99. The number of aryl methyl sites for hydroxylation is 2. The molecule has 0 aliphatic heterocycles. The largest absolute Gasteiger partial charge is 0.497 e. The number of ketones is 1. The van der Waals surface area contributed by atoms with Crippen LogP contribution >= 0.6 is 0 Å². The molecule has 0 aliphatic carbocycles. The molecule has 5 nitrogen and oxygen atoms in total. The number of rotatable bonds is 6. The summed E-state index contributed by atoms with van der Waals surface area (Å²) in [7, 11) is 1.53. The van der Waals surface area contributed by atoms with Crippen LogP contribution in [0, 0.1) is 13.8 Å². The van der Waals surface area contributed by atoms with E-state index in [0.717, 1.165) is 16.8 Å². The standard InChI is InChI=1S/C20H23NO4/c1-12-6-7-13(2)18(10-12)21-20(23)15(4)25-19-11-16(24-5)8-9-17(19)14(3)22/h6-11,15H,1-5H3,(H,21,23). The van der Waals surface area contributed by atoms with Gasteiger partial charge in [0.1, 0.15) is 11.5 Å². The van der Waals surface area contributed by atoms with E-state index in [1.807, 2.05) is 32.0 Å². The Hall–Kier alpha value is -2.82. The highest BCUT2D eigenvalue weighted by atomic mass is 16.5. The first kappa shape index (κ1) is 18.5. The maximum Gasteiger partial charge on any atom is 0.265 e. The Balaban J connectivity index is 2.18. The average molecular weight is 341 g/mol. The molecular weight excluding hydrogens is 318 g/mol. The van der Waals surface area contributed by atoms with E-state index in [2.05, 4.69) is 5.32 Å². The number of hydrogen-bond acceptors (Lipinski definition) is 4. The van der Waals surface area contributed by atoms with Gasteiger partial charge in [0.25, 0.3) is 5.91 Å². The van der Waals surface area contributed by atoms with E-state index < -0.39 is 6.10 Å². The van der Waals surface area contributed by atoms with Crippen LogP contribution in [0.4, 0.5) is 5.69 Å². The minimum atomic E-state index is -0.773. The molecule has 132 valence electrons. The summed E-state index contributed by atoms with van der Waals surface area (Å²) in [5.74, 6) is 0.461. The van der Waals surface area contributed by atoms with Crippen LogP contribution in [0.5, 0.6) is 11.5 Å². The average Bonchev–Trinajstić information content (AvgIpc) is 2.57. The van der Waals surface area contributed by atoms with Crippen LogP contribution in [0.25, 0.3) is 0 Å². The quantitative estimate of drug-likeness (QED) is 0.809. The zero-order valence-electron chi connectivity index (χ0n) is 15.2. The van der Waals surface area contributed by atoms with Gasteiger partial charge in [-0.05, 0) is 57.0 Å². The highest BCUT2D eigenvalue weighted by Gasteiger charge is 2.19. The fraction of sp³-hybridized carbons (Fsp3) is 0.300. The van der Waals surface area contributed by atoms with Crippen molar-refractivity contribution in [1.29, 1.82) is 0 Å². The molecule has 0 aliphatic rings. The van der Waals surface area contributed by atoms with Crippen molar-refractivity contribution in [3.8, 4) is 11.5 Å². The predicted octanol–water partition coefficient (Wildman–Crippen LogP) is 3.92. The molecule has 1 atom stereocenters. The van der Waals surface area contributed by atoms with Gasteiger partial charge in [0, 0.05) is 11.8 Å². The van der Waals surface area contributed by atoms with Gasteiger partial charge >= 0.3 is 0 Å². The monoisotopic (exact) mass is 341 g/mol. The van der Waals surface area contributed by atoms with Crippen LogP contribution in [-0.2, 0) is 4.79 Å². The second kappa shape index (κ2) is 7.83. The molecule has 1 N–H and O–H groups in total. The first-order valence-corrected chi connectivity index (χ1v) is 8.05. The fourth-order valence-corrected chi connectivity index (χ4v) is 2.37. The fourth-order valence-electron chi connectivity index (χ4n) is 2.37. The smallest absolute Gasteiger partial charge is 0.265 e. The lowest BCUT2D eigenvalue weighted by Crippen LogP contribution is -2.30. The molecule has 0 radical (unpaired) electrons. The molecule has 5 heteroatoms. The lowest BCUT2D eigenvalue weighted by atomic mass is 10.1. The van der Waals surface area contributed by atoms with Crippen molar-refractivity contribution in [2.45, 2.75) is 33.8 Å². The van der Waals surface area contributed by atoms with Crippen LogP contribution < -0.4 is 14.8 Å². The van der Waals surface area contributed by atoms with Gasteiger partial charge in [-0.15, -0.1) is 0 Å². The van der Waals surface area contributed by atoms with Crippen LogP contribution in [0.3, 0.4) is 0 Å². The zero-order chi connectivity index (χ0) is 18.6. The number of carbonyl (C=O) groups is 2. The Labute approximate surface area is 148 Å². The number of Topliss-reactive ketones (excluding diaryl/α,β-unsaturated/α-hetero) is 1. The summed E-state index contributed by atoms with van der Waals surface area (Å²) in [6, 6.07) is 10.8. The van der Waals surface area contributed by atoms with Crippen molar-refractivity contribution in [1.82, 2.24) is 0 Å². The Morgan fingerprint density at radius 3 is 2.44 bits per heavy atom. The third-order valence-corrected chi connectivity index (χ3v) is 3.89. The molecule has 0 saturated heterocycles. The summed E-state index contributed by atoms with van der Waals surface area (Å²) in [5, 5.41) is 2.87. The van der Waals surface area contributed by atoms with Gasteiger partial charge in [-0.3, -0.25) is 9.59 Å². The lowest BCUT2D eigenvalue weighted by molar-refractivity contribution is -0.122. The van der Waals surface area contributed by atoms with Crippen LogP contribution in [-0.4, -0.2) is 24.9 Å². The molecule has 0 bridgehead atoms. The highest BCUT2D eigenvalue weighted by molar-refractivity contribution is 5.98. The number of anilines is 1. The number of hydrogen-bond donors (Lipinski definition) is 1. The van der Waals surface area contributed by atoms with Gasteiger partial charge in [-0.2, -0.15) is 0 Å². The molecule has 0 heterocycles. The summed E-state index contributed by atoms with van der Waals surface area (Å²) in [5.41, 5.74) is 3.18. The van der Waals surface area contributed by atoms with Crippen LogP contribution in [0.15, 0.2) is 36.4 Å². The molecule has 0 spiro atoms. The first-order chi connectivity index (χ1) is 11.8. The molecule has 2 aromatic carbocycles. The lowest BCUT2D eigenvalue weighted by Gasteiger charge is -2.18. The van der Waals surface area contributed by atoms with Gasteiger partial charge in [-0.25, -0.2) is 0 Å². The van der Waals surface area contributed by atoms with E-state index in [0.29, 0.717) is 17.1 Å². The molecule has 0 fully saturated rings. The molecule has 0 aromatic heterocycles. The summed E-state index contributed by atoms with van der Waals surface area (Å²) in [4.78, 5) is 24.2. The van der Waals surface area contributed by atoms with Crippen molar-refractivity contribution in [3.63, 3.8) is 0 Å². The molecule has 2 aromatic rings. The molecule has 25 heavy (non-hydrogen) atoms. The minimum Gasteiger partial charge on any atom is -0.497 e. The number of methoxy groups -OCH3 is 1. The van der Waals surface area contributed by atoms with Crippen molar-refractivity contribution >= 4 is 17.4 Å². The molecule has 2 rings (SSSR count). The second-order valence-electron chi connectivity index (χ2n) is 5.99. The Morgan fingerprint density at radius 2 is 1.80 bits per heavy atom. The number of benzene rings is 2. The molecule has 1 amide bonds. The predicted molar refractivity (Wildman–Crippen MR) is 97.6 cm³/mol. The molecular formula is C20H23NO4. The topological polar surface area (TPSA) is 64.6 Å². The minimum absolute atomic E-state index is 0.139. The maximum atomic E-state index is 12.5. The van der Waals surface area contributed by atoms with Gasteiger partial charge in [0.05, 0.1) is 12.7 Å². The number of nitrogens with one attached hydrogen (secondary N) is 1. The van der Waals surface area contributed by atoms with E-state index >= 15 is 0 Å². The maximum absolute atomic E-state index is 12.5. The normalized spacial score (nSPS) is 11.6. The van der Waals surface area contributed by atoms with E-state index in [-0.39, 0.29) is 11.7 Å². The molecule has 1 unspecified atom stereocenters. The van der Waals surface area contributed by atoms with Gasteiger partial charge in [0.2, 0.25) is 0 Å². The number of ether oxygens (including phenoxy) is 2. The Morgan fingerprint density at radius 1 is 1.08 bits per heavy atom. The summed E-state index contributed by atoms with van der Waals surface area (Å²) in [6.07, 6.45) is -0.773. The first-order valence-electron chi connectivity index (χ1n) is 8.05. The third-order valence-electron chi connectivity index (χ3n) is 3.89. The second-order valence-corrected chi connectivity index (χ2v) is 5.99. The number of carbonyl (C=O) groups excluding carboxylic acids is 2. The number of amides is 1. The SMILES string of the molecule is COc1ccc(C(C)=O)c(OC(C)C(=O)Nc2cc(C)ccc2C)c1. The van der Waals surface area contributed by atoms with Crippen molar-refractivity contribution in [2.75, 3.05) is 12.4 Å². The zero-order valence-corrected chi connectivity index (χ0v) is 15.2. The van der Waals surface area contributed by atoms with E-state index in [4.69, 9.17) is 9.47 Å². The Bertz CT molecular complexity index is 798. The van der Waals surface area contributed by atoms with Gasteiger partial charge in [0.15, 0.2) is 11.9 Å². The van der Waals surface area contributed by atoms with Gasteiger partial charge in [-0.1, -0.05) is 12.1 Å². The van der Waals surface area contributed by atoms with E-state index in [1.165, 1.54) is 14.0 Å².